The summed E-state index contributed by atoms with van der Waals surface area (Å²) in [6, 6.07) is 0. The summed E-state index contributed by atoms with van der Waals surface area (Å²) in [4.78, 5) is -0.471. The third-order valence-electron chi connectivity index (χ3n) is 0.279. The first-order valence-corrected chi connectivity index (χ1v) is 2.58. The van der Waals surface area contributed by atoms with Gasteiger partial charge in [0.15, 0.2) is 0 Å². The van der Waals surface area contributed by atoms with Crippen molar-refractivity contribution in [2.24, 2.45) is 0 Å². The SMILES string of the molecule is [CH2]C(C)(Cl)CCl. The first kappa shape index (κ1) is 6.58. The number of halogens is 2. The van der Waals surface area contributed by atoms with Crippen LogP contribution in [-0.4, -0.2) is 10.8 Å². The molecule has 0 nitrogen and oxygen atoms in total. The number of rotatable bonds is 1. The van der Waals surface area contributed by atoms with Crippen LogP contribution in [-0.2, 0) is 0 Å². The van der Waals surface area contributed by atoms with E-state index in [2.05, 4.69) is 6.92 Å². The topological polar surface area (TPSA) is 0 Å². The molecule has 0 fully saturated rings. The average molecular weight is 126 g/mol. The fourth-order valence-corrected chi connectivity index (χ4v) is 0. The van der Waals surface area contributed by atoms with Crippen LogP contribution in [0.15, 0.2) is 0 Å². The molecule has 0 spiro atoms. The molecule has 0 aromatic rings. The lowest BCUT2D eigenvalue weighted by molar-refractivity contribution is 0.888. The second kappa shape index (κ2) is 2.04. The van der Waals surface area contributed by atoms with Crippen LogP contribution in [0.3, 0.4) is 0 Å². The zero-order chi connectivity index (χ0) is 5.21. The van der Waals surface area contributed by atoms with Crippen LogP contribution in [0.1, 0.15) is 6.92 Å². The highest BCUT2D eigenvalue weighted by Crippen LogP contribution is 2.12. The molecular formula is C4H7Cl2. The summed E-state index contributed by atoms with van der Waals surface area (Å²) < 4.78 is 0. The lowest BCUT2D eigenvalue weighted by Gasteiger charge is -2.07. The molecule has 0 amide bonds. The van der Waals surface area contributed by atoms with E-state index in [1.807, 2.05) is 0 Å². The van der Waals surface area contributed by atoms with Gasteiger partial charge in [0, 0.05) is 5.88 Å². The molecule has 0 rings (SSSR count). The summed E-state index contributed by atoms with van der Waals surface area (Å²) in [6.45, 7) is 5.29. The Hall–Kier alpha value is 0.580. The summed E-state index contributed by atoms with van der Waals surface area (Å²) in [6.07, 6.45) is 0. The molecule has 0 saturated heterocycles. The number of alkyl halides is 2. The number of hydrogen-bond acceptors (Lipinski definition) is 0. The first-order chi connectivity index (χ1) is 2.56. The Morgan fingerprint density at radius 1 is 1.83 bits per heavy atom. The van der Waals surface area contributed by atoms with Crippen LogP contribution in [0.2, 0.25) is 0 Å². The van der Waals surface area contributed by atoms with Gasteiger partial charge in [0.05, 0.1) is 4.87 Å². The molecule has 0 aliphatic rings. The summed E-state index contributed by atoms with van der Waals surface area (Å²) in [5, 5.41) is 0. The third-order valence-corrected chi connectivity index (χ3v) is 1.14. The molecule has 37 valence electrons. The minimum absolute atomic E-state index is 0.397. The Balaban J connectivity index is 3.17. The predicted molar refractivity (Wildman–Crippen MR) is 30.3 cm³/mol. The van der Waals surface area contributed by atoms with Crippen molar-refractivity contribution in [3.63, 3.8) is 0 Å². The maximum Gasteiger partial charge on any atom is 0.0554 e. The molecule has 1 atom stereocenters. The van der Waals surface area contributed by atoms with Crippen LogP contribution >= 0.6 is 23.2 Å². The van der Waals surface area contributed by atoms with Gasteiger partial charge in [-0.3, -0.25) is 0 Å². The number of hydrogen-bond donors (Lipinski definition) is 0. The molecular weight excluding hydrogens is 119 g/mol. The minimum Gasteiger partial charge on any atom is -0.125 e. The smallest absolute Gasteiger partial charge is 0.0554 e. The van der Waals surface area contributed by atoms with Gasteiger partial charge in [-0.25, -0.2) is 0 Å². The van der Waals surface area contributed by atoms with Crippen molar-refractivity contribution in [1.29, 1.82) is 0 Å². The van der Waals surface area contributed by atoms with Gasteiger partial charge < -0.3 is 0 Å². The van der Waals surface area contributed by atoms with Crippen LogP contribution in [0.25, 0.3) is 0 Å². The Kier molecular flexibility index (Phi) is 2.23. The predicted octanol–water partition coefficient (Wildman–Crippen LogP) is 2.06. The van der Waals surface area contributed by atoms with Gasteiger partial charge >= 0.3 is 0 Å². The highest BCUT2D eigenvalue weighted by molar-refractivity contribution is 6.30. The van der Waals surface area contributed by atoms with Crippen LogP contribution in [0, 0.1) is 6.92 Å². The second-order valence-electron chi connectivity index (χ2n) is 1.55. The van der Waals surface area contributed by atoms with E-state index in [4.69, 9.17) is 23.2 Å². The van der Waals surface area contributed by atoms with Gasteiger partial charge in [-0.1, -0.05) is 0 Å². The monoisotopic (exact) mass is 125 g/mol. The molecule has 1 unspecified atom stereocenters. The maximum absolute atomic E-state index is 5.47. The van der Waals surface area contributed by atoms with Crippen molar-refractivity contribution >= 4 is 23.2 Å². The van der Waals surface area contributed by atoms with E-state index in [1.54, 1.807) is 6.92 Å². The molecule has 0 N–H and O–H groups in total. The van der Waals surface area contributed by atoms with E-state index in [0.717, 1.165) is 0 Å². The summed E-state index contributed by atoms with van der Waals surface area (Å²) >= 11 is 10.8. The van der Waals surface area contributed by atoms with Crippen molar-refractivity contribution in [2.45, 2.75) is 11.8 Å². The molecule has 0 aliphatic heterocycles. The van der Waals surface area contributed by atoms with Crippen molar-refractivity contribution in [1.82, 2.24) is 0 Å². The lowest BCUT2D eigenvalue weighted by atomic mass is 10.3. The largest absolute Gasteiger partial charge is 0.125 e. The van der Waals surface area contributed by atoms with Crippen molar-refractivity contribution in [3.8, 4) is 0 Å². The first-order valence-electron chi connectivity index (χ1n) is 1.66. The van der Waals surface area contributed by atoms with Crippen molar-refractivity contribution in [2.75, 3.05) is 5.88 Å². The highest BCUT2D eigenvalue weighted by atomic mass is 35.5. The van der Waals surface area contributed by atoms with Gasteiger partial charge in [-0.2, -0.15) is 0 Å². The fraction of sp³-hybridized carbons (Fsp3) is 0.750. The van der Waals surface area contributed by atoms with Gasteiger partial charge in [-0.15, -0.1) is 23.2 Å². The zero-order valence-corrected chi connectivity index (χ0v) is 5.18. The third kappa shape index (κ3) is 4.58. The second-order valence-corrected chi connectivity index (χ2v) is 2.73. The Labute approximate surface area is 48.4 Å². The molecule has 2 heteroatoms. The van der Waals surface area contributed by atoms with Crippen LogP contribution < -0.4 is 0 Å². The van der Waals surface area contributed by atoms with E-state index < -0.39 is 4.87 Å². The quantitative estimate of drug-likeness (QED) is 0.471. The minimum atomic E-state index is -0.471. The van der Waals surface area contributed by atoms with Gasteiger partial charge in [0.1, 0.15) is 0 Å². The van der Waals surface area contributed by atoms with Crippen LogP contribution in [0.5, 0.6) is 0 Å². The van der Waals surface area contributed by atoms with Gasteiger partial charge in [0.2, 0.25) is 0 Å². The highest BCUT2D eigenvalue weighted by Gasteiger charge is 2.08. The molecule has 0 bridgehead atoms. The standard InChI is InChI=1S/C4H7Cl2/c1-4(2,6)3-5/h1,3H2,2H3. The van der Waals surface area contributed by atoms with Crippen LogP contribution in [0.4, 0.5) is 0 Å². The molecule has 0 aromatic carbocycles. The summed E-state index contributed by atoms with van der Waals surface area (Å²) in [5.41, 5.74) is 0. The molecule has 0 aromatic heterocycles. The lowest BCUT2D eigenvalue weighted by Crippen LogP contribution is -2.11. The van der Waals surface area contributed by atoms with Gasteiger partial charge in [-0.05, 0) is 13.8 Å². The molecule has 6 heavy (non-hydrogen) atoms. The van der Waals surface area contributed by atoms with E-state index in [0.29, 0.717) is 5.88 Å². The van der Waals surface area contributed by atoms with E-state index in [-0.39, 0.29) is 0 Å². The maximum atomic E-state index is 5.47. The fourth-order valence-electron chi connectivity index (χ4n) is 0. The van der Waals surface area contributed by atoms with Crippen molar-refractivity contribution < 1.29 is 0 Å². The Morgan fingerprint density at radius 3 is 2.00 bits per heavy atom. The molecule has 0 saturated carbocycles. The Bertz CT molecular complexity index is 35.3. The van der Waals surface area contributed by atoms with E-state index >= 15 is 0 Å². The van der Waals surface area contributed by atoms with E-state index in [9.17, 15) is 0 Å². The average Bonchev–Trinajstić information content (AvgIpc) is 1.35. The Morgan fingerprint density at radius 2 is 2.00 bits per heavy atom. The summed E-state index contributed by atoms with van der Waals surface area (Å²) in [7, 11) is 0. The zero-order valence-electron chi connectivity index (χ0n) is 3.67. The summed E-state index contributed by atoms with van der Waals surface area (Å²) in [5.74, 6) is 0.397. The van der Waals surface area contributed by atoms with Crippen molar-refractivity contribution in [3.05, 3.63) is 6.92 Å². The molecule has 0 heterocycles. The van der Waals surface area contributed by atoms with E-state index in [1.165, 1.54) is 0 Å². The van der Waals surface area contributed by atoms with Gasteiger partial charge in [0.25, 0.3) is 0 Å². The normalized spacial score (nSPS) is 12.0. The molecule has 0 aliphatic carbocycles. The molecule has 1 radical (unpaired) electrons.